The Labute approximate surface area is 132 Å². The van der Waals surface area contributed by atoms with Crippen molar-refractivity contribution >= 4 is 27.5 Å². The molecule has 0 spiro atoms. The second kappa shape index (κ2) is 5.72. The molecule has 0 amide bonds. The van der Waals surface area contributed by atoms with Crippen molar-refractivity contribution in [2.45, 2.75) is 45.1 Å². The zero-order chi connectivity index (χ0) is 15.0. The van der Waals surface area contributed by atoms with Gasteiger partial charge in [0.15, 0.2) is 0 Å². The lowest BCUT2D eigenvalue weighted by molar-refractivity contribution is 0.0969. The molecular formula is C16H17BrN2O2. The zero-order valence-electron chi connectivity index (χ0n) is 11.9. The van der Waals surface area contributed by atoms with Gasteiger partial charge >= 0.3 is 0 Å². The Hall–Kier alpha value is -1.49. The molecule has 0 bridgehead atoms. The van der Waals surface area contributed by atoms with Gasteiger partial charge in [-0.3, -0.25) is 9.59 Å². The summed E-state index contributed by atoms with van der Waals surface area (Å²) >= 11 is 3.29. The lowest BCUT2D eigenvalue weighted by Crippen LogP contribution is -2.37. The monoisotopic (exact) mass is 348 g/mol. The van der Waals surface area contributed by atoms with E-state index in [-0.39, 0.29) is 23.3 Å². The van der Waals surface area contributed by atoms with E-state index in [1.807, 2.05) is 6.92 Å². The van der Waals surface area contributed by atoms with Crippen molar-refractivity contribution in [2.75, 3.05) is 0 Å². The first-order chi connectivity index (χ1) is 10.1. The van der Waals surface area contributed by atoms with Crippen LogP contribution in [0.2, 0.25) is 0 Å². The Morgan fingerprint density at radius 1 is 1.14 bits per heavy atom. The number of nitrogens with zero attached hydrogens (tertiary/aromatic N) is 1. The van der Waals surface area contributed by atoms with Crippen molar-refractivity contribution in [1.82, 2.24) is 10.3 Å². The van der Waals surface area contributed by atoms with Crippen LogP contribution >= 0.6 is 15.9 Å². The molecule has 110 valence electrons. The molecule has 3 rings (SSSR count). The van der Waals surface area contributed by atoms with E-state index < -0.39 is 0 Å². The molecule has 0 aromatic carbocycles. The molecule has 0 radical (unpaired) electrons. The number of halogens is 1. The van der Waals surface area contributed by atoms with Crippen molar-refractivity contribution in [3.8, 4) is 0 Å². The molecule has 5 heteroatoms. The molecule has 2 aliphatic carbocycles. The second-order valence-electron chi connectivity index (χ2n) is 5.68. The standard InChI is InChI=1S/C16H17BrN2O2/c1-9-7-8-11-13(18-9)16(21)12(17)14(15(11)20)19-10-5-3-2-4-6-10/h7-8,10,19H,2-6H2,1H3. The fourth-order valence-corrected chi connectivity index (χ4v) is 3.43. The highest BCUT2D eigenvalue weighted by Gasteiger charge is 2.33. The summed E-state index contributed by atoms with van der Waals surface area (Å²) in [5, 5.41) is 3.28. The summed E-state index contributed by atoms with van der Waals surface area (Å²) in [6, 6.07) is 3.74. The summed E-state index contributed by atoms with van der Waals surface area (Å²) in [5.74, 6) is -0.360. The number of ketones is 2. The van der Waals surface area contributed by atoms with Crippen LogP contribution in [-0.2, 0) is 0 Å². The molecular weight excluding hydrogens is 332 g/mol. The number of carbonyl (C=O) groups excluding carboxylic acids is 2. The molecule has 0 unspecified atom stereocenters. The minimum Gasteiger partial charge on any atom is -0.378 e. The predicted molar refractivity (Wildman–Crippen MR) is 83.6 cm³/mol. The van der Waals surface area contributed by atoms with Gasteiger partial charge in [0.2, 0.25) is 11.6 Å². The maximum Gasteiger partial charge on any atom is 0.221 e. The largest absolute Gasteiger partial charge is 0.378 e. The Morgan fingerprint density at radius 2 is 1.86 bits per heavy atom. The molecule has 1 fully saturated rings. The number of allylic oxidation sites excluding steroid dienone is 2. The number of aromatic nitrogens is 1. The van der Waals surface area contributed by atoms with Crippen molar-refractivity contribution in [3.63, 3.8) is 0 Å². The van der Waals surface area contributed by atoms with Crippen LogP contribution < -0.4 is 5.32 Å². The van der Waals surface area contributed by atoms with Crippen LogP contribution in [0.25, 0.3) is 0 Å². The smallest absolute Gasteiger partial charge is 0.221 e. The maximum absolute atomic E-state index is 12.6. The minimum absolute atomic E-state index is 0.144. The van der Waals surface area contributed by atoms with E-state index in [1.165, 1.54) is 19.3 Å². The Bertz CT molecular complexity index is 646. The van der Waals surface area contributed by atoms with Gasteiger partial charge in [-0.05, 0) is 47.8 Å². The van der Waals surface area contributed by atoms with E-state index in [2.05, 4.69) is 26.2 Å². The molecule has 1 aromatic heterocycles. The first-order valence-corrected chi connectivity index (χ1v) is 8.10. The summed E-state index contributed by atoms with van der Waals surface area (Å²) in [6.07, 6.45) is 5.68. The lowest BCUT2D eigenvalue weighted by Gasteiger charge is -2.27. The van der Waals surface area contributed by atoms with Gasteiger partial charge in [0, 0.05) is 11.7 Å². The van der Waals surface area contributed by atoms with E-state index in [1.54, 1.807) is 12.1 Å². The number of nitrogens with one attached hydrogen (secondary N) is 1. The molecule has 0 aliphatic heterocycles. The van der Waals surface area contributed by atoms with Crippen LogP contribution in [0.15, 0.2) is 22.3 Å². The third-order valence-corrected chi connectivity index (χ3v) is 4.85. The summed E-state index contributed by atoms with van der Waals surface area (Å²) in [5.41, 5.74) is 1.78. The molecule has 4 nitrogen and oxygen atoms in total. The van der Waals surface area contributed by atoms with E-state index in [0.717, 1.165) is 18.5 Å². The van der Waals surface area contributed by atoms with Gasteiger partial charge < -0.3 is 5.32 Å². The normalized spacial score (nSPS) is 19.7. The van der Waals surface area contributed by atoms with E-state index in [4.69, 9.17) is 0 Å². The maximum atomic E-state index is 12.6. The molecule has 1 N–H and O–H groups in total. The summed E-state index contributed by atoms with van der Waals surface area (Å²) in [6.45, 7) is 1.81. The van der Waals surface area contributed by atoms with Crippen LogP contribution in [0, 0.1) is 6.92 Å². The number of carbonyl (C=O) groups is 2. The number of aryl methyl sites for hydroxylation is 1. The van der Waals surface area contributed by atoms with Crippen LogP contribution in [0.4, 0.5) is 0 Å². The van der Waals surface area contributed by atoms with Gasteiger partial charge in [0.25, 0.3) is 0 Å². The molecule has 0 atom stereocenters. The highest BCUT2D eigenvalue weighted by molar-refractivity contribution is 9.12. The summed E-state index contributed by atoms with van der Waals surface area (Å²) in [4.78, 5) is 29.2. The van der Waals surface area contributed by atoms with Crippen molar-refractivity contribution in [1.29, 1.82) is 0 Å². The zero-order valence-corrected chi connectivity index (χ0v) is 13.5. The molecule has 2 aliphatic rings. The Balaban J connectivity index is 1.94. The van der Waals surface area contributed by atoms with Gasteiger partial charge in [-0.25, -0.2) is 4.98 Å². The third-order valence-electron chi connectivity index (χ3n) is 4.09. The van der Waals surface area contributed by atoms with E-state index >= 15 is 0 Å². The number of fused-ring (bicyclic) bond motifs is 1. The number of hydrogen-bond donors (Lipinski definition) is 1. The fourth-order valence-electron chi connectivity index (χ4n) is 2.94. The van der Waals surface area contributed by atoms with Crippen molar-refractivity contribution in [2.24, 2.45) is 0 Å². The number of pyridine rings is 1. The summed E-state index contributed by atoms with van der Waals surface area (Å²) in [7, 11) is 0. The molecule has 1 aromatic rings. The fraction of sp³-hybridized carbons (Fsp3) is 0.438. The average molecular weight is 349 g/mol. The van der Waals surface area contributed by atoms with Crippen molar-refractivity contribution < 1.29 is 9.59 Å². The third kappa shape index (κ3) is 2.67. The Morgan fingerprint density at radius 3 is 2.57 bits per heavy atom. The number of hydrogen-bond acceptors (Lipinski definition) is 4. The quantitative estimate of drug-likeness (QED) is 0.890. The number of rotatable bonds is 2. The van der Waals surface area contributed by atoms with E-state index in [9.17, 15) is 9.59 Å². The predicted octanol–water partition coefficient (Wildman–Crippen LogP) is 3.30. The van der Waals surface area contributed by atoms with Gasteiger partial charge in [0.05, 0.1) is 10.0 Å². The van der Waals surface area contributed by atoms with Gasteiger partial charge in [-0.1, -0.05) is 19.3 Å². The van der Waals surface area contributed by atoms with Crippen LogP contribution in [0.1, 0.15) is 58.6 Å². The number of Topliss-reactive ketones (excluding diaryl/α,β-unsaturated/α-hetero) is 2. The highest BCUT2D eigenvalue weighted by Crippen LogP contribution is 2.29. The first kappa shape index (κ1) is 14.4. The molecule has 1 heterocycles. The molecule has 21 heavy (non-hydrogen) atoms. The minimum atomic E-state index is -0.216. The first-order valence-electron chi connectivity index (χ1n) is 7.31. The van der Waals surface area contributed by atoms with Crippen molar-refractivity contribution in [3.05, 3.63) is 39.3 Å². The van der Waals surface area contributed by atoms with Gasteiger partial charge in [-0.15, -0.1) is 0 Å². The highest BCUT2D eigenvalue weighted by atomic mass is 79.9. The van der Waals surface area contributed by atoms with E-state index in [0.29, 0.717) is 15.7 Å². The SMILES string of the molecule is Cc1ccc2c(n1)C(=O)C(Br)=C(NC1CCCCC1)C2=O. The summed E-state index contributed by atoms with van der Waals surface area (Å²) < 4.78 is 0.309. The lowest BCUT2D eigenvalue weighted by atomic mass is 9.92. The topological polar surface area (TPSA) is 59.1 Å². The second-order valence-corrected chi connectivity index (χ2v) is 6.47. The average Bonchev–Trinajstić information content (AvgIpc) is 2.50. The van der Waals surface area contributed by atoms with Crippen LogP contribution in [0.5, 0.6) is 0 Å². The molecule has 1 saturated carbocycles. The Kier molecular flexibility index (Phi) is 3.93. The van der Waals surface area contributed by atoms with Gasteiger partial charge in [-0.2, -0.15) is 0 Å². The molecule has 0 saturated heterocycles. The van der Waals surface area contributed by atoms with Crippen LogP contribution in [0.3, 0.4) is 0 Å². The van der Waals surface area contributed by atoms with Crippen LogP contribution in [-0.4, -0.2) is 22.6 Å². The van der Waals surface area contributed by atoms with Gasteiger partial charge in [0.1, 0.15) is 11.4 Å².